The third-order valence-corrected chi connectivity index (χ3v) is 4.69. The Balaban J connectivity index is 0.00000338. The van der Waals surface area contributed by atoms with E-state index in [9.17, 15) is 0 Å². The summed E-state index contributed by atoms with van der Waals surface area (Å²) in [6.45, 7) is 1.74. The maximum atomic E-state index is 5.35. The minimum Gasteiger partial charge on any atom is -0.493 e. The SMILES string of the molecule is CN=C(NCCc1ccc(OC)c(OC)c1)NCC(C1CC1)N(C)C.I. The van der Waals surface area contributed by atoms with Crippen LogP contribution in [-0.2, 0) is 6.42 Å². The number of rotatable bonds is 9. The first-order chi connectivity index (χ1) is 12.1. The van der Waals surface area contributed by atoms with Crippen LogP contribution < -0.4 is 20.1 Å². The summed E-state index contributed by atoms with van der Waals surface area (Å²) >= 11 is 0. The highest BCUT2D eigenvalue weighted by Crippen LogP contribution is 2.34. The highest BCUT2D eigenvalue weighted by atomic mass is 127. The van der Waals surface area contributed by atoms with Gasteiger partial charge in [0.05, 0.1) is 14.2 Å². The molecule has 26 heavy (non-hydrogen) atoms. The summed E-state index contributed by atoms with van der Waals surface area (Å²) < 4.78 is 10.6. The number of benzene rings is 1. The van der Waals surface area contributed by atoms with Crippen LogP contribution in [0.15, 0.2) is 23.2 Å². The molecule has 2 rings (SSSR count). The Hall–Kier alpha value is -1.22. The van der Waals surface area contributed by atoms with Gasteiger partial charge in [-0.2, -0.15) is 0 Å². The van der Waals surface area contributed by atoms with E-state index in [4.69, 9.17) is 9.47 Å². The number of nitrogens with zero attached hydrogens (tertiary/aromatic N) is 2. The number of likely N-dealkylation sites (N-methyl/N-ethyl adjacent to an activating group) is 1. The number of aliphatic imine (C=N–C) groups is 1. The lowest BCUT2D eigenvalue weighted by atomic mass is 10.1. The van der Waals surface area contributed by atoms with E-state index < -0.39 is 0 Å². The summed E-state index contributed by atoms with van der Waals surface area (Å²) in [5, 5.41) is 6.84. The van der Waals surface area contributed by atoms with Gasteiger partial charge in [0.2, 0.25) is 0 Å². The van der Waals surface area contributed by atoms with E-state index in [-0.39, 0.29) is 24.0 Å². The van der Waals surface area contributed by atoms with Gasteiger partial charge in [-0.3, -0.25) is 4.99 Å². The van der Waals surface area contributed by atoms with E-state index in [2.05, 4.69) is 40.7 Å². The van der Waals surface area contributed by atoms with Crippen molar-refractivity contribution in [2.24, 2.45) is 10.9 Å². The van der Waals surface area contributed by atoms with Crippen LogP contribution in [0.3, 0.4) is 0 Å². The second kappa shape index (κ2) is 11.5. The fourth-order valence-electron chi connectivity index (χ4n) is 3.04. The Kier molecular flexibility index (Phi) is 10.1. The molecule has 1 saturated carbocycles. The van der Waals surface area contributed by atoms with E-state index in [1.165, 1.54) is 18.4 Å². The van der Waals surface area contributed by atoms with Crippen LogP contribution in [0.5, 0.6) is 11.5 Å². The van der Waals surface area contributed by atoms with Gasteiger partial charge in [0, 0.05) is 26.2 Å². The van der Waals surface area contributed by atoms with Crippen molar-refractivity contribution >= 4 is 29.9 Å². The molecule has 0 amide bonds. The Labute approximate surface area is 174 Å². The van der Waals surface area contributed by atoms with Gasteiger partial charge in [0.15, 0.2) is 17.5 Å². The van der Waals surface area contributed by atoms with Crippen molar-refractivity contribution in [2.75, 3.05) is 48.5 Å². The minimum absolute atomic E-state index is 0. The van der Waals surface area contributed by atoms with Crippen molar-refractivity contribution in [1.29, 1.82) is 0 Å². The van der Waals surface area contributed by atoms with Crippen molar-refractivity contribution in [3.05, 3.63) is 23.8 Å². The van der Waals surface area contributed by atoms with Crippen LogP contribution >= 0.6 is 24.0 Å². The third-order valence-electron chi connectivity index (χ3n) is 4.69. The molecule has 1 unspecified atom stereocenters. The monoisotopic (exact) mass is 476 g/mol. The van der Waals surface area contributed by atoms with Gasteiger partial charge in [0.1, 0.15) is 0 Å². The Morgan fingerprint density at radius 3 is 2.42 bits per heavy atom. The average molecular weight is 476 g/mol. The lowest BCUT2D eigenvalue weighted by Crippen LogP contribution is -2.46. The molecule has 0 saturated heterocycles. The fourth-order valence-corrected chi connectivity index (χ4v) is 3.04. The molecule has 0 spiro atoms. The molecule has 148 valence electrons. The van der Waals surface area contributed by atoms with E-state index in [1.54, 1.807) is 14.2 Å². The molecule has 1 aromatic carbocycles. The first-order valence-corrected chi connectivity index (χ1v) is 8.90. The third kappa shape index (κ3) is 6.83. The van der Waals surface area contributed by atoms with E-state index in [0.717, 1.165) is 42.9 Å². The largest absolute Gasteiger partial charge is 0.493 e. The Morgan fingerprint density at radius 1 is 1.19 bits per heavy atom. The van der Waals surface area contributed by atoms with Gasteiger partial charge >= 0.3 is 0 Å². The zero-order valence-electron chi connectivity index (χ0n) is 16.5. The predicted molar refractivity (Wildman–Crippen MR) is 118 cm³/mol. The molecule has 2 N–H and O–H groups in total. The molecule has 1 fully saturated rings. The smallest absolute Gasteiger partial charge is 0.191 e. The lowest BCUT2D eigenvalue weighted by Gasteiger charge is -2.25. The number of hydrogen-bond acceptors (Lipinski definition) is 4. The molecule has 0 aliphatic heterocycles. The second-order valence-corrected chi connectivity index (χ2v) is 6.69. The van der Waals surface area contributed by atoms with E-state index >= 15 is 0 Å². The van der Waals surface area contributed by atoms with Crippen molar-refractivity contribution < 1.29 is 9.47 Å². The molecule has 1 aromatic rings. The number of methoxy groups -OCH3 is 2. The minimum atomic E-state index is 0. The van der Waals surface area contributed by atoms with Gasteiger partial charge in [-0.1, -0.05) is 6.07 Å². The van der Waals surface area contributed by atoms with Crippen molar-refractivity contribution in [3.63, 3.8) is 0 Å². The summed E-state index contributed by atoms with van der Waals surface area (Å²) in [7, 11) is 9.42. The fraction of sp³-hybridized carbons (Fsp3) is 0.632. The molecule has 0 aromatic heterocycles. The van der Waals surface area contributed by atoms with Crippen LogP contribution in [0.2, 0.25) is 0 Å². The first-order valence-electron chi connectivity index (χ1n) is 8.90. The van der Waals surface area contributed by atoms with Crippen LogP contribution in [0, 0.1) is 5.92 Å². The van der Waals surface area contributed by atoms with Gasteiger partial charge < -0.3 is 25.0 Å². The second-order valence-electron chi connectivity index (χ2n) is 6.69. The van der Waals surface area contributed by atoms with Crippen molar-refractivity contribution in [1.82, 2.24) is 15.5 Å². The average Bonchev–Trinajstić information content (AvgIpc) is 3.44. The highest BCUT2D eigenvalue weighted by Gasteiger charge is 2.32. The molecule has 7 heteroatoms. The molecular formula is C19H33IN4O2. The number of ether oxygens (including phenoxy) is 2. The normalized spacial score (nSPS) is 15.2. The van der Waals surface area contributed by atoms with Crippen molar-refractivity contribution in [3.8, 4) is 11.5 Å². The van der Waals surface area contributed by atoms with E-state index in [0.29, 0.717) is 6.04 Å². The zero-order valence-corrected chi connectivity index (χ0v) is 18.9. The zero-order chi connectivity index (χ0) is 18.2. The van der Waals surface area contributed by atoms with Crippen molar-refractivity contribution in [2.45, 2.75) is 25.3 Å². The lowest BCUT2D eigenvalue weighted by molar-refractivity contribution is 0.264. The molecular weight excluding hydrogens is 443 g/mol. The number of nitrogens with one attached hydrogen (secondary N) is 2. The standard InChI is InChI=1S/C19H32N4O2.HI/c1-20-19(22-13-16(23(2)3)15-7-8-15)21-11-10-14-6-9-17(24-4)18(12-14)25-5;/h6,9,12,15-16H,7-8,10-11,13H2,1-5H3,(H2,20,21,22);1H. The molecule has 0 heterocycles. The summed E-state index contributed by atoms with van der Waals surface area (Å²) in [5.41, 5.74) is 1.20. The number of halogens is 1. The maximum Gasteiger partial charge on any atom is 0.191 e. The summed E-state index contributed by atoms with van der Waals surface area (Å²) in [6, 6.07) is 6.60. The first kappa shape index (κ1) is 22.8. The Morgan fingerprint density at radius 2 is 1.88 bits per heavy atom. The topological polar surface area (TPSA) is 58.1 Å². The van der Waals surface area contributed by atoms with Gasteiger partial charge in [0.25, 0.3) is 0 Å². The highest BCUT2D eigenvalue weighted by molar-refractivity contribution is 14.0. The molecule has 1 aliphatic carbocycles. The quantitative estimate of drug-likeness (QED) is 0.326. The van der Waals surface area contributed by atoms with Gasteiger partial charge in [-0.25, -0.2) is 0 Å². The maximum absolute atomic E-state index is 5.35. The molecule has 1 aliphatic rings. The predicted octanol–water partition coefficient (Wildman–Crippen LogP) is 2.37. The van der Waals surface area contributed by atoms with Crippen LogP contribution in [0.1, 0.15) is 18.4 Å². The molecule has 0 radical (unpaired) electrons. The number of guanidine groups is 1. The van der Waals surface area contributed by atoms with Gasteiger partial charge in [-0.05, 0) is 57.0 Å². The molecule has 6 nitrogen and oxygen atoms in total. The van der Waals surface area contributed by atoms with Crippen LogP contribution in [-0.4, -0.2) is 65.4 Å². The van der Waals surface area contributed by atoms with Gasteiger partial charge in [-0.15, -0.1) is 24.0 Å². The summed E-state index contributed by atoms with van der Waals surface area (Å²) in [4.78, 5) is 6.63. The van der Waals surface area contributed by atoms with E-state index in [1.807, 2.05) is 19.2 Å². The number of hydrogen-bond donors (Lipinski definition) is 2. The molecule has 0 bridgehead atoms. The molecule has 1 atom stereocenters. The van der Waals surface area contributed by atoms with Crippen LogP contribution in [0.25, 0.3) is 0 Å². The Bertz CT molecular complexity index is 575. The summed E-state index contributed by atoms with van der Waals surface area (Å²) in [5.74, 6) is 3.20. The summed E-state index contributed by atoms with van der Waals surface area (Å²) in [6.07, 6.45) is 3.58. The van der Waals surface area contributed by atoms with Crippen LogP contribution in [0.4, 0.5) is 0 Å².